The van der Waals surface area contributed by atoms with E-state index in [1.54, 1.807) is 0 Å². The highest BCUT2D eigenvalue weighted by atomic mass is 32.2. The molecule has 0 fully saturated rings. The maximum absolute atomic E-state index is 5.41. The fraction of sp³-hybridized carbons (Fsp3) is 0.208. The van der Waals surface area contributed by atoms with Crippen molar-refractivity contribution in [3.8, 4) is 0 Å². The summed E-state index contributed by atoms with van der Waals surface area (Å²) in [6, 6.07) is 27.6. The molecule has 3 rings (SSSR count). The fourth-order valence-electron chi connectivity index (χ4n) is 2.91. The number of hydrogen-bond acceptors (Lipinski definition) is 2. The van der Waals surface area contributed by atoms with Gasteiger partial charge in [-0.2, -0.15) is 0 Å². The first-order chi connectivity index (χ1) is 13.7. The van der Waals surface area contributed by atoms with Crippen molar-refractivity contribution in [2.24, 2.45) is 0 Å². The van der Waals surface area contributed by atoms with E-state index in [0.29, 0.717) is 5.11 Å². The third-order valence-corrected chi connectivity index (χ3v) is 5.70. The molecular weight excluding hydrogens is 380 g/mol. The monoisotopic (exact) mass is 406 g/mol. The SMILES string of the molecule is Cc1cccc(CCCNC(=S)Nc2ccc(CSc3ccccc3)cc2)c1. The highest BCUT2D eigenvalue weighted by Crippen LogP contribution is 2.23. The molecule has 0 spiro atoms. The normalized spacial score (nSPS) is 10.5. The minimum Gasteiger partial charge on any atom is -0.362 e. The van der Waals surface area contributed by atoms with Gasteiger partial charge in [-0.15, -0.1) is 11.8 Å². The maximum atomic E-state index is 5.41. The predicted molar refractivity (Wildman–Crippen MR) is 126 cm³/mol. The third-order valence-electron chi connectivity index (χ3n) is 4.37. The number of hydrogen-bond donors (Lipinski definition) is 2. The maximum Gasteiger partial charge on any atom is 0.170 e. The second-order valence-electron chi connectivity index (χ2n) is 6.77. The second kappa shape index (κ2) is 10.9. The standard InChI is InChI=1S/C24H26N2S2/c1-19-7-5-8-20(17-19)9-6-16-25-24(27)26-22-14-12-21(13-15-22)18-28-23-10-3-2-4-11-23/h2-5,7-8,10-15,17H,6,9,16,18H2,1H3,(H2,25,26,27). The van der Waals surface area contributed by atoms with E-state index in [1.807, 2.05) is 17.8 Å². The number of anilines is 1. The van der Waals surface area contributed by atoms with Crippen LogP contribution in [0, 0.1) is 6.92 Å². The van der Waals surface area contributed by atoms with Gasteiger partial charge in [0.05, 0.1) is 0 Å². The summed E-state index contributed by atoms with van der Waals surface area (Å²) in [7, 11) is 0. The highest BCUT2D eigenvalue weighted by molar-refractivity contribution is 7.98. The van der Waals surface area contributed by atoms with Crippen LogP contribution in [-0.4, -0.2) is 11.7 Å². The Kier molecular flexibility index (Phi) is 7.94. The quantitative estimate of drug-likeness (QED) is 0.264. The molecule has 0 unspecified atom stereocenters. The summed E-state index contributed by atoms with van der Waals surface area (Å²) in [5.41, 5.74) is 5.01. The van der Waals surface area contributed by atoms with Crippen LogP contribution in [0.4, 0.5) is 5.69 Å². The van der Waals surface area contributed by atoms with Crippen molar-refractivity contribution in [2.75, 3.05) is 11.9 Å². The Hall–Kier alpha value is -2.30. The van der Waals surface area contributed by atoms with Gasteiger partial charge in [0, 0.05) is 22.9 Å². The minimum absolute atomic E-state index is 0.677. The number of benzene rings is 3. The summed E-state index contributed by atoms with van der Waals surface area (Å²) in [6.45, 7) is 3.00. The van der Waals surface area contributed by atoms with Gasteiger partial charge in [-0.3, -0.25) is 0 Å². The summed E-state index contributed by atoms with van der Waals surface area (Å²) >= 11 is 7.26. The van der Waals surface area contributed by atoms with Crippen molar-refractivity contribution in [2.45, 2.75) is 30.4 Å². The largest absolute Gasteiger partial charge is 0.362 e. The molecule has 0 radical (unpaired) electrons. The molecule has 0 heterocycles. The molecule has 0 bridgehead atoms. The Labute approximate surface area is 177 Å². The van der Waals surface area contributed by atoms with Gasteiger partial charge in [0.25, 0.3) is 0 Å². The average Bonchev–Trinajstić information content (AvgIpc) is 2.72. The molecule has 3 aromatic carbocycles. The smallest absolute Gasteiger partial charge is 0.170 e. The van der Waals surface area contributed by atoms with Crippen LogP contribution in [0.2, 0.25) is 0 Å². The van der Waals surface area contributed by atoms with Crippen molar-refractivity contribution < 1.29 is 0 Å². The minimum atomic E-state index is 0.677. The lowest BCUT2D eigenvalue weighted by Crippen LogP contribution is -2.29. The Morgan fingerprint density at radius 3 is 2.43 bits per heavy atom. The highest BCUT2D eigenvalue weighted by Gasteiger charge is 2.00. The molecule has 0 aliphatic rings. The summed E-state index contributed by atoms with van der Waals surface area (Å²) in [4.78, 5) is 1.29. The van der Waals surface area contributed by atoms with Gasteiger partial charge in [0.2, 0.25) is 0 Å². The van der Waals surface area contributed by atoms with Crippen LogP contribution >= 0.6 is 24.0 Å². The molecule has 0 aromatic heterocycles. The average molecular weight is 407 g/mol. The Morgan fingerprint density at radius 2 is 1.68 bits per heavy atom. The molecule has 0 saturated heterocycles. The van der Waals surface area contributed by atoms with E-state index in [0.717, 1.165) is 30.8 Å². The van der Waals surface area contributed by atoms with Gasteiger partial charge in [0.15, 0.2) is 5.11 Å². The molecule has 0 atom stereocenters. The first-order valence-corrected chi connectivity index (χ1v) is 11.0. The van der Waals surface area contributed by atoms with E-state index in [1.165, 1.54) is 21.6 Å². The van der Waals surface area contributed by atoms with Crippen LogP contribution in [0.15, 0.2) is 83.8 Å². The van der Waals surface area contributed by atoms with Crippen LogP contribution in [-0.2, 0) is 12.2 Å². The van der Waals surface area contributed by atoms with E-state index in [2.05, 4.69) is 90.4 Å². The summed E-state index contributed by atoms with van der Waals surface area (Å²) in [5, 5.41) is 7.23. The summed E-state index contributed by atoms with van der Waals surface area (Å²) in [6.07, 6.45) is 2.12. The van der Waals surface area contributed by atoms with Crippen molar-refractivity contribution in [3.63, 3.8) is 0 Å². The van der Waals surface area contributed by atoms with Gasteiger partial charge >= 0.3 is 0 Å². The van der Waals surface area contributed by atoms with Crippen molar-refractivity contribution in [3.05, 3.63) is 95.6 Å². The van der Waals surface area contributed by atoms with E-state index in [4.69, 9.17) is 12.2 Å². The van der Waals surface area contributed by atoms with Crippen molar-refractivity contribution in [1.82, 2.24) is 5.32 Å². The zero-order valence-corrected chi connectivity index (χ0v) is 17.8. The fourth-order valence-corrected chi connectivity index (χ4v) is 4.00. The molecule has 0 saturated carbocycles. The molecule has 0 aliphatic carbocycles. The zero-order chi connectivity index (χ0) is 19.6. The molecule has 0 amide bonds. The van der Waals surface area contributed by atoms with Crippen LogP contribution in [0.1, 0.15) is 23.1 Å². The van der Waals surface area contributed by atoms with E-state index in [9.17, 15) is 0 Å². The molecule has 2 N–H and O–H groups in total. The number of thioether (sulfide) groups is 1. The van der Waals surface area contributed by atoms with E-state index in [-0.39, 0.29) is 0 Å². The van der Waals surface area contributed by atoms with E-state index < -0.39 is 0 Å². The molecule has 144 valence electrons. The summed E-state index contributed by atoms with van der Waals surface area (Å²) in [5.74, 6) is 0.964. The third kappa shape index (κ3) is 7.02. The molecule has 3 aromatic rings. The molecular formula is C24H26N2S2. The second-order valence-corrected chi connectivity index (χ2v) is 8.23. The first kappa shape index (κ1) is 20.4. The Morgan fingerprint density at radius 1 is 0.893 bits per heavy atom. The predicted octanol–water partition coefficient (Wildman–Crippen LogP) is 6.21. The Balaban J connectivity index is 1.37. The van der Waals surface area contributed by atoms with Crippen LogP contribution < -0.4 is 10.6 Å². The van der Waals surface area contributed by atoms with Gasteiger partial charge in [-0.1, -0.05) is 60.2 Å². The van der Waals surface area contributed by atoms with Crippen molar-refractivity contribution >= 4 is 34.8 Å². The number of rotatable bonds is 8. The Bertz CT molecular complexity index is 877. The van der Waals surface area contributed by atoms with Gasteiger partial charge < -0.3 is 10.6 Å². The zero-order valence-electron chi connectivity index (χ0n) is 16.2. The molecule has 2 nitrogen and oxygen atoms in total. The number of nitrogens with one attached hydrogen (secondary N) is 2. The first-order valence-electron chi connectivity index (χ1n) is 9.56. The lowest BCUT2D eigenvalue weighted by molar-refractivity contribution is 0.777. The number of aryl methyl sites for hydroxylation is 2. The topological polar surface area (TPSA) is 24.1 Å². The molecule has 4 heteroatoms. The molecule has 28 heavy (non-hydrogen) atoms. The van der Waals surface area contributed by atoms with Crippen molar-refractivity contribution in [1.29, 1.82) is 0 Å². The van der Waals surface area contributed by atoms with Crippen LogP contribution in [0.3, 0.4) is 0 Å². The lowest BCUT2D eigenvalue weighted by Gasteiger charge is -2.11. The van der Waals surface area contributed by atoms with E-state index >= 15 is 0 Å². The van der Waals surface area contributed by atoms with Crippen LogP contribution in [0.25, 0.3) is 0 Å². The number of thiocarbonyl (C=S) groups is 1. The van der Waals surface area contributed by atoms with Crippen LogP contribution in [0.5, 0.6) is 0 Å². The molecule has 0 aliphatic heterocycles. The van der Waals surface area contributed by atoms with Gasteiger partial charge in [0.1, 0.15) is 0 Å². The lowest BCUT2D eigenvalue weighted by atomic mass is 10.1. The summed E-state index contributed by atoms with van der Waals surface area (Å²) < 4.78 is 0. The van der Waals surface area contributed by atoms with Gasteiger partial charge in [-0.25, -0.2) is 0 Å². The van der Waals surface area contributed by atoms with Gasteiger partial charge in [-0.05, 0) is 67.4 Å².